The molecule has 5 rings (SSSR count). The summed E-state index contributed by atoms with van der Waals surface area (Å²) in [6.07, 6.45) is -4.49. The van der Waals surface area contributed by atoms with Gasteiger partial charge in [0, 0.05) is 25.2 Å². The number of nitrogens with one attached hydrogen (secondary N) is 1. The monoisotopic (exact) mass is 511 g/mol. The first-order valence-electron chi connectivity index (χ1n) is 11.9. The second-order valence-electron chi connectivity index (χ2n) is 9.13. The van der Waals surface area contributed by atoms with E-state index in [0.717, 1.165) is 42.1 Å². The zero-order chi connectivity index (χ0) is 26.6. The van der Waals surface area contributed by atoms with Crippen LogP contribution >= 0.6 is 0 Å². The lowest BCUT2D eigenvalue weighted by molar-refractivity contribution is -0.192. The number of para-hydroxylation sites is 2. The zero-order valence-corrected chi connectivity index (χ0v) is 20.5. The smallest absolute Gasteiger partial charge is 0.475 e. The maximum Gasteiger partial charge on any atom is 0.490 e. The number of benzene rings is 3. The number of fused-ring (bicyclic) bond motifs is 1. The van der Waals surface area contributed by atoms with Crippen LogP contribution in [-0.4, -0.2) is 57.4 Å². The fourth-order valence-corrected chi connectivity index (χ4v) is 4.43. The molecular formula is C28H28F3N3O3. The van der Waals surface area contributed by atoms with E-state index in [1.54, 1.807) is 0 Å². The second kappa shape index (κ2) is 11.1. The fourth-order valence-electron chi connectivity index (χ4n) is 4.43. The van der Waals surface area contributed by atoms with Gasteiger partial charge < -0.3 is 14.8 Å². The zero-order valence-electron chi connectivity index (χ0n) is 20.5. The van der Waals surface area contributed by atoms with Crippen molar-refractivity contribution in [2.45, 2.75) is 38.8 Å². The van der Waals surface area contributed by atoms with Crippen molar-refractivity contribution in [3.8, 4) is 22.5 Å². The van der Waals surface area contributed by atoms with Crippen molar-refractivity contribution < 1.29 is 27.8 Å². The van der Waals surface area contributed by atoms with Gasteiger partial charge in [-0.15, -0.1) is 0 Å². The number of ether oxygens (including phenoxy) is 1. The summed E-state index contributed by atoms with van der Waals surface area (Å²) in [6, 6.07) is 25.7. The van der Waals surface area contributed by atoms with Gasteiger partial charge in [-0.05, 0) is 48.7 Å². The summed E-state index contributed by atoms with van der Waals surface area (Å²) in [7, 11) is 0. The molecule has 0 aliphatic carbocycles. The van der Waals surface area contributed by atoms with Gasteiger partial charge in [-0.25, -0.2) is 9.78 Å². The summed E-state index contributed by atoms with van der Waals surface area (Å²) in [5.41, 5.74) is 6.98. The molecule has 37 heavy (non-hydrogen) atoms. The number of carboxylic acid groups (broad SMARTS) is 1. The number of aromatic nitrogens is 2. The highest BCUT2D eigenvalue weighted by atomic mass is 19.4. The van der Waals surface area contributed by atoms with Gasteiger partial charge in [0.25, 0.3) is 0 Å². The van der Waals surface area contributed by atoms with Gasteiger partial charge >= 0.3 is 12.1 Å². The Balaban J connectivity index is 0.000000405. The maximum atomic E-state index is 10.6. The minimum absolute atomic E-state index is 0.294. The van der Waals surface area contributed by atoms with E-state index in [2.05, 4.69) is 78.3 Å². The summed E-state index contributed by atoms with van der Waals surface area (Å²) < 4.78 is 37.6. The van der Waals surface area contributed by atoms with Gasteiger partial charge in [-0.3, -0.25) is 4.90 Å². The van der Waals surface area contributed by atoms with Crippen molar-refractivity contribution in [2.75, 3.05) is 13.1 Å². The fraction of sp³-hybridized carbons (Fsp3) is 0.286. The van der Waals surface area contributed by atoms with Crippen LogP contribution in [0.2, 0.25) is 0 Å². The van der Waals surface area contributed by atoms with Crippen LogP contribution in [0, 0.1) is 0 Å². The third kappa shape index (κ3) is 6.96. The number of hydrogen-bond donors (Lipinski definition) is 2. The SMILES string of the molecule is CC1CN(Cc2cccc(-c3ccc(-c4nc5ccccc5[nH]4)cc3)c2)CC(C)O1.O=C(O)C(F)(F)F. The van der Waals surface area contributed by atoms with Crippen LogP contribution in [0.1, 0.15) is 19.4 Å². The average molecular weight is 512 g/mol. The average Bonchev–Trinajstić information content (AvgIpc) is 3.28. The highest BCUT2D eigenvalue weighted by molar-refractivity contribution is 5.79. The Morgan fingerprint density at radius 3 is 2.22 bits per heavy atom. The lowest BCUT2D eigenvalue weighted by atomic mass is 10.0. The van der Waals surface area contributed by atoms with Crippen LogP contribution in [-0.2, 0) is 16.1 Å². The van der Waals surface area contributed by atoms with Crippen molar-refractivity contribution >= 4 is 17.0 Å². The molecule has 0 spiro atoms. The molecule has 0 amide bonds. The van der Waals surface area contributed by atoms with Gasteiger partial charge in [0.1, 0.15) is 5.82 Å². The number of H-pyrrole nitrogens is 1. The molecule has 0 radical (unpaired) electrons. The molecule has 9 heteroatoms. The Morgan fingerprint density at radius 1 is 0.973 bits per heavy atom. The molecule has 1 aromatic heterocycles. The summed E-state index contributed by atoms with van der Waals surface area (Å²) in [6.45, 7) is 7.25. The van der Waals surface area contributed by atoms with Crippen LogP contribution in [0.25, 0.3) is 33.5 Å². The predicted molar refractivity (Wildman–Crippen MR) is 136 cm³/mol. The molecule has 6 nitrogen and oxygen atoms in total. The first-order valence-corrected chi connectivity index (χ1v) is 11.9. The number of aromatic amines is 1. The Bertz CT molecular complexity index is 1310. The normalized spacial score (nSPS) is 18.3. The van der Waals surface area contributed by atoms with Crippen molar-refractivity contribution in [3.63, 3.8) is 0 Å². The Kier molecular flexibility index (Phi) is 7.94. The highest BCUT2D eigenvalue weighted by Gasteiger charge is 2.38. The first kappa shape index (κ1) is 26.4. The van der Waals surface area contributed by atoms with Gasteiger partial charge in [-0.1, -0.05) is 54.6 Å². The minimum atomic E-state index is -5.08. The molecule has 2 N–H and O–H groups in total. The molecule has 3 aromatic carbocycles. The van der Waals surface area contributed by atoms with Gasteiger partial charge in [0.15, 0.2) is 0 Å². The van der Waals surface area contributed by atoms with Crippen LogP contribution < -0.4 is 0 Å². The van der Waals surface area contributed by atoms with E-state index in [9.17, 15) is 13.2 Å². The van der Waals surface area contributed by atoms with Crippen molar-refractivity contribution in [2.24, 2.45) is 0 Å². The summed E-state index contributed by atoms with van der Waals surface area (Å²) >= 11 is 0. The molecule has 0 bridgehead atoms. The third-order valence-corrected chi connectivity index (χ3v) is 5.95. The molecule has 1 saturated heterocycles. The number of rotatable bonds is 4. The van der Waals surface area contributed by atoms with E-state index in [4.69, 9.17) is 19.6 Å². The highest BCUT2D eigenvalue weighted by Crippen LogP contribution is 2.26. The number of halogens is 3. The topological polar surface area (TPSA) is 78.5 Å². The second-order valence-corrected chi connectivity index (χ2v) is 9.13. The number of imidazole rings is 1. The van der Waals surface area contributed by atoms with Gasteiger partial charge in [0.2, 0.25) is 0 Å². The standard InChI is InChI=1S/C26H27N3O.C2HF3O2/c1-18-15-29(16-19(2)30-18)17-20-6-5-7-23(14-20)21-10-12-22(13-11-21)26-27-24-8-3-4-9-25(24)28-26;3-2(4,5)1(6)7/h3-14,18-19H,15-17H2,1-2H3,(H,27,28);(H,6,7). The molecule has 4 aromatic rings. The quantitative estimate of drug-likeness (QED) is 0.344. The van der Waals surface area contributed by atoms with E-state index in [0.29, 0.717) is 12.2 Å². The Morgan fingerprint density at radius 2 is 1.59 bits per heavy atom. The molecule has 1 aliphatic rings. The summed E-state index contributed by atoms with van der Waals surface area (Å²) in [5, 5.41) is 7.12. The number of alkyl halides is 3. The molecule has 2 unspecified atom stereocenters. The van der Waals surface area contributed by atoms with Gasteiger partial charge in [0.05, 0.1) is 23.2 Å². The van der Waals surface area contributed by atoms with Crippen molar-refractivity contribution in [1.29, 1.82) is 0 Å². The van der Waals surface area contributed by atoms with E-state index in [-0.39, 0.29) is 0 Å². The van der Waals surface area contributed by atoms with Crippen LogP contribution in [0.3, 0.4) is 0 Å². The molecule has 1 aliphatic heterocycles. The summed E-state index contributed by atoms with van der Waals surface area (Å²) in [5.74, 6) is -1.85. The molecule has 0 saturated carbocycles. The van der Waals surface area contributed by atoms with E-state index < -0.39 is 12.1 Å². The van der Waals surface area contributed by atoms with Crippen LogP contribution in [0.4, 0.5) is 13.2 Å². The van der Waals surface area contributed by atoms with Crippen molar-refractivity contribution in [3.05, 3.63) is 78.4 Å². The molecular weight excluding hydrogens is 483 g/mol. The minimum Gasteiger partial charge on any atom is -0.475 e. The molecule has 194 valence electrons. The third-order valence-electron chi connectivity index (χ3n) is 5.95. The lowest BCUT2D eigenvalue weighted by Crippen LogP contribution is -2.44. The first-order chi connectivity index (χ1) is 17.6. The largest absolute Gasteiger partial charge is 0.490 e. The molecule has 2 heterocycles. The predicted octanol–water partition coefficient (Wildman–Crippen LogP) is 6.14. The number of carboxylic acids is 1. The number of hydrogen-bond acceptors (Lipinski definition) is 4. The number of nitrogens with zero attached hydrogens (tertiary/aromatic N) is 2. The van der Waals surface area contributed by atoms with E-state index in [1.165, 1.54) is 16.7 Å². The van der Waals surface area contributed by atoms with E-state index in [1.807, 2.05) is 18.2 Å². The Labute approximate surface area is 212 Å². The lowest BCUT2D eigenvalue weighted by Gasteiger charge is -2.35. The van der Waals surface area contributed by atoms with Crippen LogP contribution in [0.5, 0.6) is 0 Å². The van der Waals surface area contributed by atoms with Crippen LogP contribution in [0.15, 0.2) is 72.8 Å². The van der Waals surface area contributed by atoms with Gasteiger partial charge in [-0.2, -0.15) is 13.2 Å². The maximum absolute atomic E-state index is 10.6. The number of morpholine rings is 1. The molecule has 2 atom stereocenters. The molecule has 1 fully saturated rings. The van der Waals surface area contributed by atoms with Crippen molar-refractivity contribution in [1.82, 2.24) is 14.9 Å². The number of carbonyl (C=O) groups is 1. The van der Waals surface area contributed by atoms with E-state index >= 15 is 0 Å². The number of aliphatic carboxylic acids is 1. The summed E-state index contributed by atoms with van der Waals surface area (Å²) in [4.78, 5) is 19.5. The Hall–Kier alpha value is -3.69.